The monoisotopic (exact) mass is 348 g/mol. The van der Waals surface area contributed by atoms with Crippen molar-refractivity contribution in [3.05, 3.63) is 23.8 Å². The molecule has 0 aromatic carbocycles. The molecule has 0 bridgehead atoms. The summed E-state index contributed by atoms with van der Waals surface area (Å²) in [5, 5.41) is 20.1. The van der Waals surface area contributed by atoms with E-state index in [2.05, 4.69) is 27.4 Å². The molecule has 2 N–H and O–H groups in total. The standard InChI is InChI=1S/C21H32O4/c1-13-5-8-18-20(3,10-9-14(2)21(18,4)12-22)16(13)7-6-15-17(23)11-25-19(15)24/h6,14,16-18,22-23H,1,5,7-12H2,2-4H3/b15-6+/t14-,16?,17-,18+,20+,21-/m1/s1. The van der Waals surface area contributed by atoms with Gasteiger partial charge in [-0.3, -0.25) is 0 Å². The number of hydrogen-bond donors (Lipinski definition) is 2. The van der Waals surface area contributed by atoms with Gasteiger partial charge in [0.2, 0.25) is 0 Å². The van der Waals surface area contributed by atoms with Crippen molar-refractivity contribution in [1.29, 1.82) is 0 Å². The molecule has 0 spiro atoms. The molecule has 140 valence electrons. The Hall–Kier alpha value is -1.13. The number of hydrogen-bond acceptors (Lipinski definition) is 4. The smallest absolute Gasteiger partial charge is 0.336 e. The Morgan fingerprint density at radius 2 is 2.08 bits per heavy atom. The molecule has 2 saturated carbocycles. The Morgan fingerprint density at radius 1 is 1.36 bits per heavy atom. The fraction of sp³-hybridized carbons (Fsp3) is 0.762. The summed E-state index contributed by atoms with van der Waals surface area (Å²) in [6.45, 7) is 11.5. The highest BCUT2D eigenvalue weighted by atomic mass is 16.6. The van der Waals surface area contributed by atoms with Crippen molar-refractivity contribution in [3.8, 4) is 0 Å². The molecule has 0 aromatic heterocycles. The van der Waals surface area contributed by atoms with Crippen molar-refractivity contribution < 1.29 is 19.7 Å². The molecule has 4 nitrogen and oxygen atoms in total. The van der Waals surface area contributed by atoms with Crippen LogP contribution in [0, 0.1) is 28.6 Å². The minimum atomic E-state index is -0.804. The fourth-order valence-corrected chi connectivity index (χ4v) is 5.80. The van der Waals surface area contributed by atoms with Gasteiger partial charge in [-0.25, -0.2) is 4.79 Å². The molecule has 3 aliphatic rings. The molecule has 0 amide bonds. The Labute approximate surface area is 151 Å². The van der Waals surface area contributed by atoms with Crippen LogP contribution < -0.4 is 0 Å². The van der Waals surface area contributed by atoms with Gasteiger partial charge >= 0.3 is 5.97 Å². The molecule has 1 heterocycles. The summed E-state index contributed by atoms with van der Waals surface area (Å²) in [4.78, 5) is 11.8. The third-order valence-electron chi connectivity index (χ3n) is 7.76. The molecule has 3 fully saturated rings. The molecule has 0 radical (unpaired) electrons. The zero-order chi connectivity index (χ0) is 18.4. The third kappa shape index (κ3) is 2.87. The molecule has 1 aliphatic heterocycles. The van der Waals surface area contributed by atoms with Crippen LogP contribution in [0.25, 0.3) is 0 Å². The lowest BCUT2D eigenvalue weighted by Gasteiger charge is -2.60. The summed E-state index contributed by atoms with van der Waals surface area (Å²) in [6, 6.07) is 0. The van der Waals surface area contributed by atoms with Crippen LogP contribution in [0.5, 0.6) is 0 Å². The molecular weight excluding hydrogens is 316 g/mol. The summed E-state index contributed by atoms with van der Waals surface area (Å²) in [6.07, 6.45) is 6.06. The molecule has 2 aliphatic carbocycles. The maximum atomic E-state index is 11.8. The largest absolute Gasteiger partial charge is 0.459 e. The summed E-state index contributed by atoms with van der Waals surface area (Å²) in [7, 11) is 0. The van der Waals surface area contributed by atoms with Gasteiger partial charge in [-0.05, 0) is 60.7 Å². The van der Waals surface area contributed by atoms with Crippen LogP contribution in [0.15, 0.2) is 23.8 Å². The first-order valence-corrected chi connectivity index (χ1v) is 9.57. The first kappa shape index (κ1) is 18.7. The quantitative estimate of drug-likeness (QED) is 0.467. The lowest BCUT2D eigenvalue weighted by atomic mass is 9.44. The van der Waals surface area contributed by atoms with E-state index in [0.29, 0.717) is 23.8 Å². The number of fused-ring (bicyclic) bond motifs is 1. The zero-order valence-corrected chi connectivity index (χ0v) is 15.8. The SMILES string of the molecule is C=C1CC[C@@H]2[C@](C)(CO)[C@H](C)CC[C@@]2(C)C1C/C=C1/C(=O)OC[C@H]1O. The Kier molecular flexibility index (Phi) is 4.89. The summed E-state index contributed by atoms with van der Waals surface area (Å²) >= 11 is 0. The molecule has 4 heteroatoms. The maximum Gasteiger partial charge on any atom is 0.336 e. The van der Waals surface area contributed by atoms with E-state index in [9.17, 15) is 15.0 Å². The molecule has 0 aromatic rings. The van der Waals surface area contributed by atoms with Gasteiger partial charge in [-0.2, -0.15) is 0 Å². The highest BCUT2D eigenvalue weighted by molar-refractivity contribution is 5.91. The van der Waals surface area contributed by atoms with Crippen molar-refractivity contribution in [2.75, 3.05) is 13.2 Å². The predicted molar refractivity (Wildman–Crippen MR) is 96.7 cm³/mol. The number of aliphatic hydroxyl groups is 2. The van der Waals surface area contributed by atoms with Crippen molar-refractivity contribution >= 4 is 5.97 Å². The number of aliphatic hydroxyl groups excluding tert-OH is 2. The number of carbonyl (C=O) groups excluding carboxylic acids is 1. The highest BCUT2D eigenvalue weighted by Crippen LogP contribution is 2.63. The highest BCUT2D eigenvalue weighted by Gasteiger charge is 2.56. The van der Waals surface area contributed by atoms with Gasteiger partial charge < -0.3 is 14.9 Å². The second-order valence-electron chi connectivity index (χ2n) is 8.92. The number of carbonyl (C=O) groups is 1. The van der Waals surface area contributed by atoms with Crippen molar-refractivity contribution in [3.63, 3.8) is 0 Å². The second-order valence-corrected chi connectivity index (χ2v) is 8.92. The van der Waals surface area contributed by atoms with E-state index < -0.39 is 12.1 Å². The Balaban J connectivity index is 1.89. The maximum absolute atomic E-state index is 11.8. The molecule has 6 atom stereocenters. The average molecular weight is 348 g/mol. The average Bonchev–Trinajstić information content (AvgIpc) is 2.89. The number of allylic oxidation sites excluding steroid dienone is 2. The van der Waals surface area contributed by atoms with Crippen molar-refractivity contribution in [2.24, 2.45) is 28.6 Å². The first-order chi connectivity index (χ1) is 11.7. The Morgan fingerprint density at radius 3 is 2.68 bits per heavy atom. The van der Waals surface area contributed by atoms with E-state index in [-0.39, 0.29) is 30.0 Å². The van der Waals surface area contributed by atoms with Crippen LogP contribution >= 0.6 is 0 Å². The summed E-state index contributed by atoms with van der Waals surface area (Å²) in [5.74, 6) is 0.835. The van der Waals surface area contributed by atoms with Crippen LogP contribution in [-0.4, -0.2) is 35.5 Å². The predicted octanol–water partition coefficient (Wildman–Crippen LogP) is 3.24. The molecular formula is C21H32O4. The zero-order valence-electron chi connectivity index (χ0n) is 15.8. The number of rotatable bonds is 3. The first-order valence-electron chi connectivity index (χ1n) is 9.57. The van der Waals surface area contributed by atoms with E-state index >= 15 is 0 Å². The summed E-state index contributed by atoms with van der Waals surface area (Å²) < 4.78 is 4.93. The van der Waals surface area contributed by atoms with Crippen LogP contribution in [0.2, 0.25) is 0 Å². The van der Waals surface area contributed by atoms with Gasteiger partial charge in [0.05, 0.1) is 5.57 Å². The lowest BCUT2D eigenvalue weighted by Crippen LogP contribution is -2.54. The molecule has 1 unspecified atom stereocenters. The van der Waals surface area contributed by atoms with Gasteiger partial charge in [-0.1, -0.05) is 39.0 Å². The normalized spacial score (nSPS) is 46.2. The minimum Gasteiger partial charge on any atom is -0.459 e. The topological polar surface area (TPSA) is 66.8 Å². The third-order valence-corrected chi connectivity index (χ3v) is 7.76. The van der Waals surface area contributed by atoms with Crippen molar-refractivity contribution in [2.45, 2.75) is 59.0 Å². The summed E-state index contributed by atoms with van der Waals surface area (Å²) in [5.41, 5.74) is 1.65. The minimum absolute atomic E-state index is 0.0646. The second kappa shape index (κ2) is 6.55. The van der Waals surface area contributed by atoms with Gasteiger partial charge in [0.15, 0.2) is 0 Å². The van der Waals surface area contributed by atoms with Crippen LogP contribution in [0.3, 0.4) is 0 Å². The lowest BCUT2D eigenvalue weighted by molar-refractivity contribution is -0.135. The van der Waals surface area contributed by atoms with Crippen LogP contribution in [0.4, 0.5) is 0 Å². The van der Waals surface area contributed by atoms with Crippen LogP contribution in [0.1, 0.15) is 52.9 Å². The molecule has 1 saturated heterocycles. The molecule has 25 heavy (non-hydrogen) atoms. The van der Waals surface area contributed by atoms with E-state index in [1.54, 1.807) is 0 Å². The number of esters is 1. The fourth-order valence-electron chi connectivity index (χ4n) is 5.80. The van der Waals surface area contributed by atoms with E-state index in [0.717, 1.165) is 25.7 Å². The van der Waals surface area contributed by atoms with Gasteiger partial charge in [0, 0.05) is 6.61 Å². The van der Waals surface area contributed by atoms with Crippen molar-refractivity contribution in [1.82, 2.24) is 0 Å². The van der Waals surface area contributed by atoms with Gasteiger partial charge in [0.1, 0.15) is 12.7 Å². The van der Waals surface area contributed by atoms with E-state index in [1.807, 2.05) is 6.08 Å². The van der Waals surface area contributed by atoms with Crippen LogP contribution in [-0.2, 0) is 9.53 Å². The van der Waals surface area contributed by atoms with E-state index in [4.69, 9.17) is 4.74 Å². The van der Waals surface area contributed by atoms with Gasteiger partial charge in [-0.15, -0.1) is 0 Å². The Bertz CT molecular complexity index is 595. The van der Waals surface area contributed by atoms with E-state index in [1.165, 1.54) is 5.57 Å². The molecule has 3 rings (SSSR count). The van der Waals surface area contributed by atoms with Gasteiger partial charge in [0.25, 0.3) is 0 Å². The number of ether oxygens (including phenoxy) is 1. The number of cyclic esters (lactones) is 1.